The van der Waals surface area contributed by atoms with Gasteiger partial charge in [-0.1, -0.05) is 12.1 Å². The van der Waals surface area contributed by atoms with E-state index in [-0.39, 0.29) is 6.10 Å². The number of carbonyl (C=O) groups is 2. The van der Waals surface area contributed by atoms with E-state index >= 15 is 0 Å². The minimum atomic E-state index is -1.82. The molecule has 192 valence electrons. The second-order valence-corrected chi connectivity index (χ2v) is 8.25. The van der Waals surface area contributed by atoms with Gasteiger partial charge in [-0.2, -0.15) is 0 Å². The molecule has 1 aliphatic carbocycles. The maximum atomic E-state index is 9.10. The first-order valence-electron chi connectivity index (χ1n) is 11.7. The smallest absolute Gasteiger partial charge is 0.414 e. The van der Waals surface area contributed by atoms with Gasteiger partial charge in [0.05, 0.1) is 19.3 Å². The molecule has 0 amide bonds. The van der Waals surface area contributed by atoms with Crippen LogP contribution in [0.3, 0.4) is 0 Å². The van der Waals surface area contributed by atoms with E-state index in [9.17, 15) is 0 Å². The Bertz CT molecular complexity index is 929. The van der Waals surface area contributed by atoms with Crippen molar-refractivity contribution in [2.24, 2.45) is 0 Å². The van der Waals surface area contributed by atoms with Crippen molar-refractivity contribution in [1.82, 2.24) is 5.32 Å². The summed E-state index contributed by atoms with van der Waals surface area (Å²) in [5.41, 5.74) is 1.09. The fraction of sp³-hybridized carbons (Fsp3) is 0.462. The summed E-state index contributed by atoms with van der Waals surface area (Å²) >= 11 is 0. The number of hydrogen-bond donors (Lipinski definition) is 3. The van der Waals surface area contributed by atoms with Crippen LogP contribution in [0.25, 0.3) is 0 Å². The Hall–Kier alpha value is -3.46. The zero-order valence-electron chi connectivity index (χ0n) is 20.5. The first-order valence-corrected chi connectivity index (χ1v) is 11.7. The second kappa shape index (κ2) is 14.7. The van der Waals surface area contributed by atoms with Crippen molar-refractivity contribution < 1.29 is 38.7 Å². The zero-order chi connectivity index (χ0) is 25.6. The summed E-state index contributed by atoms with van der Waals surface area (Å²) in [6, 6.07) is 13.8. The van der Waals surface area contributed by atoms with E-state index in [1.54, 1.807) is 7.11 Å². The molecule has 0 heterocycles. The van der Waals surface area contributed by atoms with E-state index in [1.165, 1.54) is 12.8 Å². The van der Waals surface area contributed by atoms with Gasteiger partial charge >= 0.3 is 11.9 Å². The van der Waals surface area contributed by atoms with E-state index in [1.807, 2.05) is 50.2 Å². The van der Waals surface area contributed by atoms with Gasteiger partial charge in [-0.3, -0.25) is 0 Å². The third-order valence-corrected chi connectivity index (χ3v) is 5.10. The molecule has 0 unspecified atom stereocenters. The summed E-state index contributed by atoms with van der Waals surface area (Å²) in [6.07, 6.45) is 5.30. The summed E-state index contributed by atoms with van der Waals surface area (Å²) < 4.78 is 23.3. The maximum Gasteiger partial charge on any atom is 0.414 e. The normalized spacial score (nSPS) is 13.0. The molecular weight excluding hydrogens is 454 g/mol. The Morgan fingerprint density at radius 3 is 2.26 bits per heavy atom. The molecule has 0 aliphatic heterocycles. The van der Waals surface area contributed by atoms with Crippen molar-refractivity contribution in [3.63, 3.8) is 0 Å². The predicted octanol–water partition coefficient (Wildman–Crippen LogP) is 4.13. The number of carboxylic acids is 2. The number of methoxy groups -OCH3 is 1. The summed E-state index contributed by atoms with van der Waals surface area (Å²) in [5, 5.41) is 18.2. The quantitative estimate of drug-likeness (QED) is 0.316. The minimum Gasteiger partial charge on any atom is -0.496 e. The molecule has 9 nitrogen and oxygen atoms in total. The second-order valence-electron chi connectivity index (χ2n) is 8.25. The van der Waals surface area contributed by atoms with Crippen molar-refractivity contribution in [2.75, 3.05) is 20.3 Å². The molecule has 2 aromatic rings. The molecule has 0 saturated heterocycles. The minimum absolute atomic E-state index is 0.115. The number of ether oxygens (including phenoxy) is 4. The van der Waals surface area contributed by atoms with Gasteiger partial charge in [0.2, 0.25) is 0 Å². The third kappa shape index (κ3) is 10.1. The average molecular weight is 490 g/mol. The fourth-order valence-electron chi connectivity index (χ4n) is 3.54. The molecule has 0 aromatic heterocycles. The highest BCUT2D eigenvalue weighted by Crippen LogP contribution is 2.29. The number of para-hydroxylation sites is 2. The predicted molar refractivity (Wildman–Crippen MR) is 131 cm³/mol. The molecule has 2 aromatic carbocycles. The van der Waals surface area contributed by atoms with E-state index in [0.29, 0.717) is 25.8 Å². The molecule has 0 radical (unpaired) electrons. The molecule has 3 rings (SSSR count). The van der Waals surface area contributed by atoms with Crippen LogP contribution in [-0.2, 0) is 16.1 Å². The van der Waals surface area contributed by atoms with Crippen molar-refractivity contribution >= 4 is 11.9 Å². The van der Waals surface area contributed by atoms with Crippen LogP contribution >= 0.6 is 0 Å². The fourth-order valence-corrected chi connectivity index (χ4v) is 3.54. The van der Waals surface area contributed by atoms with E-state index < -0.39 is 11.9 Å². The van der Waals surface area contributed by atoms with E-state index in [0.717, 1.165) is 41.4 Å². The van der Waals surface area contributed by atoms with Gasteiger partial charge in [-0.15, -0.1) is 0 Å². The van der Waals surface area contributed by atoms with Crippen LogP contribution in [0, 0.1) is 0 Å². The van der Waals surface area contributed by atoms with Gasteiger partial charge < -0.3 is 34.5 Å². The highest BCUT2D eigenvalue weighted by molar-refractivity contribution is 6.27. The molecular formula is C26H35NO8. The van der Waals surface area contributed by atoms with Gasteiger partial charge in [0, 0.05) is 18.7 Å². The number of benzene rings is 2. The first-order chi connectivity index (χ1) is 16.8. The van der Waals surface area contributed by atoms with Crippen LogP contribution in [0.4, 0.5) is 0 Å². The highest BCUT2D eigenvalue weighted by Gasteiger charge is 2.17. The monoisotopic (exact) mass is 489 g/mol. The van der Waals surface area contributed by atoms with Crippen molar-refractivity contribution in [2.45, 2.75) is 58.3 Å². The first kappa shape index (κ1) is 27.8. The lowest BCUT2D eigenvalue weighted by Gasteiger charge is -2.17. The lowest BCUT2D eigenvalue weighted by molar-refractivity contribution is -0.159. The lowest BCUT2D eigenvalue weighted by atomic mass is 10.2. The van der Waals surface area contributed by atoms with Crippen LogP contribution in [-0.4, -0.2) is 54.6 Å². The number of rotatable bonds is 11. The SMILES string of the molecule is COc1ccc(OC2CCCC2)cc1CNCCOc1ccccc1OC(C)C.O=C(O)C(=O)O. The van der Waals surface area contributed by atoms with Gasteiger partial charge in [-0.05, 0) is 69.9 Å². The number of aliphatic carboxylic acids is 2. The Morgan fingerprint density at radius 2 is 1.66 bits per heavy atom. The standard InChI is InChI=1S/C24H33NO4.C2H2O4/c1-18(2)28-24-11-7-6-10-23(24)27-15-14-25-17-19-16-21(12-13-22(19)26-3)29-20-8-4-5-9-20;3-1(4)2(5)6/h6-7,10-13,16,18,20,25H,4-5,8-9,14-15,17H2,1-3H3;(H,3,4)(H,5,6). The Morgan fingerprint density at radius 1 is 1.00 bits per heavy atom. The van der Waals surface area contributed by atoms with Gasteiger partial charge in [0.25, 0.3) is 0 Å². The number of hydrogen-bond acceptors (Lipinski definition) is 7. The van der Waals surface area contributed by atoms with Crippen LogP contribution < -0.4 is 24.3 Å². The summed E-state index contributed by atoms with van der Waals surface area (Å²) in [6.45, 7) is 5.98. The van der Waals surface area contributed by atoms with Crippen molar-refractivity contribution in [3.8, 4) is 23.0 Å². The molecule has 1 saturated carbocycles. The molecule has 0 spiro atoms. The molecule has 3 N–H and O–H groups in total. The Kier molecular flexibility index (Phi) is 11.7. The topological polar surface area (TPSA) is 124 Å². The van der Waals surface area contributed by atoms with Crippen LogP contribution in [0.5, 0.6) is 23.0 Å². The lowest BCUT2D eigenvalue weighted by Crippen LogP contribution is -2.21. The van der Waals surface area contributed by atoms with Crippen molar-refractivity contribution in [3.05, 3.63) is 48.0 Å². The summed E-state index contributed by atoms with van der Waals surface area (Å²) in [5.74, 6) is -0.308. The zero-order valence-corrected chi connectivity index (χ0v) is 20.5. The molecule has 1 fully saturated rings. The number of nitrogens with one attached hydrogen (secondary N) is 1. The molecule has 1 aliphatic rings. The average Bonchev–Trinajstić information content (AvgIpc) is 3.33. The third-order valence-electron chi connectivity index (χ3n) is 5.10. The summed E-state index contributed by atoms with van der Waals surface area (Å²) in [7, 11) is 1.70. The van der Waals surface area contributed by atoms with Gasteiger partial charge in [-0.25, -0.2) is 9.59 Å². The van der Waals surface area contributed by atoms with Gasteiger partial charge in [0.15, 0.2) is 11.5 Å². The molecule has 35 heavy (non-hydrogen) atoms. The van der Waals surface area contributed by atoms with Crippen molar-refractivity contribution in [1.29, 1.82) is 0 Å². The molecule has 0 atom stereocenters. The highest BCUT2D eigenvalue weighted by atomic mass is 16.5. The molecule has 0 bridgehead atoms. The van der Waals surface area contributed by atoms with Crippen LogP contribution in [0.1, 0.15) is 45.1 Å². The Labute approximate surface area is 206 Å². The van der Waals surface area contributed by atoms with E-state index in [4.69, 9.17) is 38.7 Å². The van der Waals surface area contributed by atoms with E-state index in [2.05, 4.69) is 11.4 Å². The number of carboxylic acid groups (broad SMARTS) is 2. The van der Waals surface area contributed by atoms with Gasteiger partial charge in [0.1, 0.15) is 18.1 Å². The van der Waals surface area contributed by atoms with Crippen LogP contribution in [0.15, 0.2) is 42.5 Å². The van der Waals surface area contributed by atoms with Crippen LogP contribution in [0.2, 0.25) is 0 Å². The largest absolute Gasteiger partial charge is 0.496 e. The summed E-state index contributed by atoms with van der Waals surface area (Å²) in [4.78, 5) is 18.2. The maximum absolute atomic E-state index is 9.10. The molecule has 9 heteroatoms. The Balaban J connectivity index is 0.000000641.